The summed E-state index contributed by atoms with van der Waals surface area (Å²) in [5.74, 6) is -0.916. The average Bonchev–Trinajstić information content (AvgIpc) is 2.82. The van der Waals surface area contributed by atoms with Crippen LogP contribution >= 0.6 is 0 Å². The second kappa shape index (κ2) is 12.2. The number of carbonyl (C=O) groups is 1. The van der Waals surface area contributed by atoms with E-state index in [1.807, 2.05) is 24.3 Å². The van der Waals surface area contributed by atoms with Crippen molar-refractivity contribution in [3.8, 4) is 0 Å². The Hall–Kier alpha value is -1.17. The molecule has 1 unspecified atom stereocenters. The fourth-order valence-electron chi connectivity index (χ4n) is 3.40. The van der Waals surface area contributed by atoms with E-state index in [1.165, 1.54) is 0 Å². The van der Waals surface area contributed by atoms with Gasteiger partial charge in [0, 0.05) is 18.8 Å². The van der Waals surface area contributed by atoms with E-state index in [1.54, 1.807) is 0 Å². The molecular weight excluding hydrogens is 320 g/mol. The van der Waals surface area contributed by atoms with Crippen molar-refractivity contribution < 1.29 is 25.2 Å². The standard InChI is InChI=1S/C20H34O5/c1-2-3-9-15(21)10-8-12-17-16(18(22)14-19(17)23)11-6-4-5-7-13-20(24)25/h4,6,8,12,15-19,21-23H,2-3,5,7,9-11,13-14H2,1H3,(H,24,25)/b6-4-,12-8+/t15?,16-,17-,18-,19-/m1/s1. The molecule has 5 atom stereocenters. The molecule has 5 heteroatoms. The molecule has 0 aromatic rings. The van der Waals surface area contributed by atoms with Gasteiger partial charge in [0.1, 0.15) is 0 Å². The molecule has 25 heavy (non-hydrogen) atoms. The molecule has 0 aromatic heterocycles. The molecule has 144 valence electrons. The molecule has 0 aromatic carbocycles. The van der Waals surface area contributed by atoms with Crippen molar-refractivity contribution in [3.63, 3.8) is 0 Å². The van der Waals surface area contributed by atoms with Crippen LogP contribution in [0.5, 0.6) is 0 Å². The Morgan fingerprint density at radius 2 is 1.92 bits per heavy atom. The third-order valence-corrected chi connectivity index (χ3v) is 4.91. The van der Waals surface area contributed by atoms with Gasteiger partial charge < -0.3 is 20.4 Å². The third kappa shape index (κ3) is 8.66. The smallest absolute Gasteiger partial charge is 0.303 e. The lowest BCUT2D eigenvalue weighted by atomic mass is 9.89. The highest BCUT2D eigenvalue weighted by molar-refractivity contribution is 5.66. The second-order valence-corrected chi connectivity index (χ2v) is 7.06. The molecule has 0 bridgehead atoms. The number of aliphatic hydroxyl groups excluding tert-OH is 3. The molecule has 0 heterocycles. The zero-order chi connectivity index (χ0) is 18.7. The summed E-state index contributed by atoms with van der Waals surface area (Å²) in [4.78, 5) is 10.5. The fraction of sp³-hybridized carbons (Fsp3) is 0.750. The minimum atomic E-state index is -0.783. The zero-order valence-corrected chi connectivity index (χ0v) is 15.3. The number of aliphatic carboxylic acids is 1. The molecule has 1 aliphatic carbocycles. The largest absolute Gasteiger partial charge is 0.481 e. The molecular formula is C20H34O5. The summed E-state index contributed by atoms with van der Waals surface area (Å²) in [7, 11) is 0. The van der Waals surface area contributed by atoms with Crippen molar-refractivity contribution in [1.29, 1.82) is 0 Å². The highest BCUT2D eigenvalue weighted by atomic mass is 16.4. The van der Waals surface area contributed by atoms with Crippen LogP contribution in [-0.4, -0.2) is 44.7 Å². The van der Waals surface area contributed by atoms with Gasteiger partial charge in [0.05, 0.1) is 18.3 Å². The number of carboxylic acid groups (broad SMARTS) is 1. The van der Waals surface area contributed by atoms with Crippen LogP contribution < -0.4 is 0 Å². The van der Waals surface area contributed by atoms with Crippen LogP contribution in [0.15, 0.2) is 24.3 Å². The van der Waals surface area contributed by atoms with Crippen LogP contribution in [-0.2, 0) is 4.79 Å². The molecule has 0 radical (unpaired) electrons. The van der Waals surface area contributed by atoms with Crippen molar-refractivity contribution in [2.75, 3.05) is 0 Å². The van der Waals surface area contributed by atoms with Crippen LogP contribution in [0.25, 0.3) is 0 Å². The summed E-state index contributed by atoms with van der Waals surface area (Å²) >= 11 is 0. The Morgan fingerprint density at radius 1 is 1.16 bits per heavy atom. The van der Waals surface area contributed by atoms with Gasteiger partial charge in [0.2, 0.25) is 0 Å². The minimum Gasteiger partial charge on any atom is -0.481 e. The zero-order valence-electron chi connectivity index (χ0n) is 15.3. The van der Waals surface area contributed by atoms with Gasteiger partial charge in [-0.05, 0) is 38.0 Å². The van der Waals surface area contributed by atoms with E-state index in [0.717, 1.165) is 19.3 Å². The highest BCUT2D eigenvalue weighted by Crippen LogP contribution is 2.36. The average molecular weight is 354 g/mol. The van der Waals surface area contributed by atoms with Crippen molar-refractivity contribution in [2.24, 2.45) is 11.8 Å². The van der Waals surface area contributed by atoms with E-state index < -0.39 is 18.2 Å². The Labute approximate surface area is 151 Å². The fourth-order valence-corrected chi connectivity index (χ4v) is 3.40. The maximum Gasteiger partial charge on any atom is 0.303 e. The van der Waals surface area contributed by atoms with Crippen molar-refractivity contribution in [1.82, 2.24) is 0 Å². The van der Waals surface area contributed by atoms with E-state index >= 15 is 0 Å². The first-order valence-corrected chi connectivity index (χ1v) is 9.53. The first kappa shape index (κ1) is 21.9. The van der Waals surface area contributed by atoms with E-state index in [2.05, 4.69) is 6.92 Å². The number of carboxylic acids is 1. The molecule has 1 aliphatic rings. The van der Waals surface area contributed by atoms with Crippen molar-refractivity contribution in [3.05, 3.63) is 24.3 Å². The van der Waals surface area contributed by atoms with E-state index in [4.69, 9.17) is 5.11 Å². The lowest BCUT2D eigenvalue weighted by Crippen LogP contribution is -2.20. The van der Waals surface area contributed by atoms with E-state index in [0.29, 0.717) is 32.1 Å². The van der Waals surface area contributed by atoms with Crippen molar-refractivity contribution >= 4 is 5.97 Å². The highest BCUT2D eigenvalue weighted by Gasteiger charge is 2.39. The lowest BCUT2D eigenvalue weighted by molar-refractivity contribution is -0.137. The molecule has 4 N–H and O–H groups in total. The van der Waals surface area contributed by atoms with Gasteiger partial charge in [-0.15, -0.1) is 0 Å². The number of unbranched alkanes of at least 4 members (excludes halogenated alkanes) is 2. The SMILES string of the molecule is CCCCC(O)C/C=C/[C@@H]1[C@@H](C/C=C\CCCC(=O)O)[C@H](O)C[C@H]1O. The van der Waals surface area contributed by atoms with Crippen LogP contribution in [0.3, 0.4) is 0 Å². The maximum atomic E-state index is 10.5. The minimum absolute atomic E-state index is 0.0326. The van der Waals surface area contributed by atoms with Gasteiger partial charge in [0.15, 0.2) is 0 Å². The van der Waals surface area contributed by atoms with E-state index in [-0.39, 0.29) is 24.4 Å². The molecule has 1 rings (SSSR count). The Morgan fingerprint density at radius 3 is 2.60 bits per heavy atom. The normalized spacial score (nSPS) is 28.2. The number of hydrogen-bond donors (Lipinski definition) is 4. The van der Waals surface area contributed by atoms with Gasteiger partial charge in [0.25, 0.3) is 0 Å². The second-order valence-electron chi connectivity index (χ2n) is 7.06. The predicted octanol–water partition coefficient (Wildman–Crippen LogP) is 3.04. The number of aliphatic hydroxyl groups is 3. The Bertz CT molecular complexity index is 432. The van der Waals surface area contributed by atoms with Crippen molar-refractivity contribution in [2.45, 2.75) is 83.0 Å². The van der Waals surface area contributed by atoms with Gasteiger partial charge in [-0.3, -0.25) is 4.79 Å². The Kier molecular flexibility index (Phi) is 10.7. The van der Waals surface area contributed by atoms with Crippen LogP contribution in [0.2, 0.25) is 0 Å². The van der Waals surface area contributed by atoms with Crippen LogP contribution in [0.4, 0.5) is 0 Å². The van der Waals surface area contributed by atoms with Crippen LogP contribution in [0, 0.1) is 11.8 Å². The molecule has 0 spiro atoms. The number of allylic oxidation sites excluding steroid dienone is 2. The number of hydrogen-bond acceptors (Lipinski definition) is 4. The molecule has 0 amide bonds. The van der Waals surface area contributed by atoms with E-state index in [9.17, 15) is 20.1 Å². The first-order valence-electron chi connectivity index (χ1n) is 9.53. The molecule has 1 fully saturated rings. The lowest BCUT2D eigenvalue weighted by Gasteiger charge is -2.19. The summed E-state index contributed by atoms with van der Waals surface area (Å²) in [6, 6.07) is 0. The van der Waals surface area contributed by atoms with Gasteiger partial charge in [-0.25, -0.2) is 0 Å². The maximum absolute atomic E-state index is 10.5. The van der Waals surface area contributed by atoms with Gasteiger partial charge in [-0.2, -0.15) is 0 Å². The third-order valence-electron chi connectivity index (χ3n) is 4.91. The van der Waals surface area contributed by atoms with Crippen LogP contribution in [0.1, 0.15) is 64.7 Å². The monoisotopic (exact) mass is 354 g/mol. The quantitative estimate of drug-likeness (QED) is 0.319. The summed E-state index contributed by atoms with van der Waals surface area (Å²) in [5, 5.41) is 38.8. The first-order chi connectivity index (χ1) is 12.0. The summed E-state index contributed by atoms with van der Waals surface area (Å²) in [6.45, 7) is 2.10. The predicted molar refractivity (Wildman–Crippen MR) is 98.1 cm³/mol. The number of rotatable bonds is 12. The summed E-state index contributed by atoms with van der Waals surface area (Å²) < 4.78 is 0. The van der Waals surface area contributed by atoms with Gasteiger partial charge >= 0.3 is 5.97 Å². The topological polar surface area (TPSA) is 98.0 Å². The molecule has 0 aliphatic heterocycles. The van der Waals surface area contributed by atoms with Gasteiger partial charge in [-0.1, -0.05) is 44.1 Å². The molecule has 0 saturated heterocycles. The Balaban J connectivity index is 2.44. The molecule has 5 nitrogen and oxygen atoms in total. The molecule has 1 saturated carbocycles. The summed E-state index contributed by atoms with van der Waals surface area (Å²) in [6.07, 6.45) is 12.4. The summed E-state index contributed by atoms with van der Waals surface area (Å²) in [5.41, 5.74) is 0.